The minimum atomic E-state index is 0.162. The lowest BCUT2D eigenvalue weighted by atomic mass is 10.2. The summed E-state index contributed by atoms with van der Waals surface area (Å²) in [6, 6.07) is 7.64. The molecule has 1 aromatic rings. The summed E-state index contributed by atoms with van der Waals surface area (Å²) in [6.07, 6.45) is 2.56. The lowest BCUT2D eigenvalue weighted by Crippen LogP contribution is -2.41. The highest BCUT2D eigenvalue weighted by Gasteiger charge is 2.27. The number of hydrogen-bond acceptors (Lipinski definition) is 3. The van der Waals surface area contributed by atoms with Crippen molar-refractivity contribution in [2.45, 2.75) is 25.3 Å². The van der Waals surface area contributed by atoms with Gasteiger partial charge < -0.3 is 15.0 Å². The van der Waals surface area contributed by atoms with Crippen LogP contribution in [0.5, 0.6) is 5.75 Å². The van der Waals surface area contributed by atoms with E-state index in [9.17, 15) is 4.79 Å². The SMILES string of the molecule is CNC[C@@H]1CCCN1C(=O)CCOc1ccccc1Cl. The van der Waals surface area contributed by atoms with Gasteiger partial charge in [0.15, 0.2) is 0 Å². The first-order valence-corrected chi connectivity index (χ1v) is 7.41. The predicted molar refractivity (Wildman–Crippen MR) is 80.2 cm³/mol. The first kappa shape index (κ1) is 15.1. The second-order valence-corrected chi connectivity index (χ2v) is 5.38. The summed E-state index contributed by atoms with van der Waals surface area (Å²) in [4.78, 5) is 14.2. The number of rotatable bonds is 6. The van der Waals surface area contributed by atoms with Crippen molar-refractivity contribution in [3.8, 4) is 5.75 Å². The summed E-state index contributed by atoms with van der Waals surface area (Å²) in [5.41, 5.74) is 0. The topological polar surface area (TPSA) is 41.6 Å². The molecule has 2 rings (SSSR count). The Balaban J connectivity index is 1.79. The van der Waals surface area contributed by atoms with Crippen LogP contribution in [0.2, 0.25) is 5.02 Å². The van der Waals surface area contributed by atoms with Gasteiger partial charge in [0.1, 0.15) is 5.75 Å². The fourth-order valence-corrected chi connectivity index (χ4v) is 2.76. The van der Waals surface area contributed by atoms with E-state index in [0.717, 1.165) is 25.9 Å². The first-order valence-electron chi connectivity index (χ1n) is 7.03. The van der Waals surface area contributed by atoms with E-state index in [1.165, 1.54) is 0 Å². The molecule has 20 heavy (non-hydrogen) atoms. The van der Waals surface area contributed by atoms with E-state index in [4.69, 9.17) is 16.3 Å². The maximum atomic E-state index is 12.2. The molecule has 1 amide bonds. The van der Waals surface area contributed by atoms with Crippen LogP contribution >= 0.6 is 11.6 Å². The third kappa shape index (κ3) is 3.87. The molecule has 0 aromatic heterocycles. The third-order valence-corrected chi connectivity index (χ3v) is 3.86. The highest BCUT2D eigenvalue weighted by atomic mass is 35.5. The van der Waals surface area contributed by atoms with Crippen LogP contribution in [0.1, 0.15) is 19.3 Å². The highest BCUT2D eigenvalue weighted by Crippen LogP contribution is 2.23. The first-order chi connectivity index (χ1) is 9.72. The Morgan fingerprint density at radius 2 is 2.30 bits per heavy atom. The lowest BCUT2D eigenvalue weighted by molar-refractivity contribution is -0.132. The molecule has 0 saturated carbocycles. The van der Waals surface area contributed by atoms with Gasteiger partial charge in [-0.25, -0.2) is 0 Å². The van der Waals surface area contributed by atoms with Gasteiger partial charge in [0.05, 0.1) is 18.1 Å². The monoisotopic (exact) mass is 296 g/mol. The Bertz CT molecular complexity index is 453. The molecule has 0 bridgehead atoms. The number of likely N-dealkylation sites (tertiary alicyclic amines) is 1. The van der Waals surface area contributed by atoms with Gasteiger partial charge in [-0.05, 0) is 32.0 Å². The average molecular weight is 297 g/mol. The Labute approximate surface area is 125 Å². The number of benzene rings is 1. The molecule has 1 aliphatic rings. The van der Waals surface area contributed by atoms with Crippen molar-refractivity contribution in [1.29, 1.82) is 0 Å². The molecule has 5 heteroatoms. The average Bonchev–Trinajstić information content (AvgIpc) is 2.89. The fourth-order valence-electron chi connectivity index (χ4n) is 2.57. The van der Waals surface area contributed by atoms with Gasteiger partial charge in [-0.1, -0.05) is 23.7 Å². The molecule has 0 spiro atoms. The van der Waals surface area contributed by atoms with E-state index in [0.29, 0.717) is 29.8 Å². The van der Waals surface area contributed by atoms with E-state index in [1.807, 2.05) is 30.1 Å². The lowest BCUT2D eigenvalue weighted by Gasteiger charge is -2.24. The normalized spacial score (nSPS) is 18.3. The number of para-hydroxylation sites is 1. The van der Waals surface area contributed by atoms with Crippen LogP contribution in [0.4, 0.5) is 0 Å². The minimum Gasteiger partial charge on any atom is -0.491 e. The van der Waals surface area contributed by atoms with Crippen LogP contribution in [0, 0.1) is 0 Å². The number of halogens is 1. The molecular formula is C15H21ClN2O2. The Hall–Kier alpha value is -1.26. The van der Waals surface area contributed by atoms with Crippen molar-refractivity contribution in [3.63, 3.8) is 0 Å². The van der Waals surface area contributed by atoms with Crippen LogP contribution < -0.4 is 10.1 Å². The summed E-state index contributed by atoms with van der Waals surface area (Å²) in [7, 11) is 1.92. The zero-order chi connectivity index (χ0) is 14.4. The fraction of sp³-hybridized carbons (Fsp3) is 0.533. The van der Waals surface area contributed by atoms with Gasteiger partial charge in [-0.3, -0.25) is 4.79 Å². The highest BCUT2D eigenvalue weighted by molar-refractivity contribution is 6.32. The number of nitrogens with zero attached hydrogens (tertiary/aromatic N) is 1. The van der Waals surface area contributed by atoms with Crippen LogP contribution in [0.3, 0.4) is 0 Å². The van der Waals surface area contributed by atoms with Crippen LogP contribution in [0.15, 0.2) is 24.3 Å². The maximum Gasteiger partial charge on any atom is 0.226 e. The standard InChI is InChI=1S/C15H21ClN2O2/c1-17-11-12-5-4-9-18(12)15(19)8-10-20-14-7-3-2-6-13(14)16/h2-3,6-7,12,17H,4-5,8-11H2,1H3/t12-/m0/s1. The molecule has 1 heterocycles. The molecule has 1 aliphatic heterocycles. The van der Waals surface area contributed by atoms with E-state index >= 15 is 0 Å². The number of likely N-dealkylation sites (N-methyl/N-ethyl adjacent to an activating group) is 1. The van der Waals surface area contributed by atoms with Crippen molar-refractivity contribution in [3.05, 3.63) is 29.3 Å². The molecule has 0 unspecified atom stereocenters. The summed E-state index contributed by atoms with van der Waals surface area (Å²) in [6.45, 7) is 2.08. The minimum absolute atomic E-state index is 0.162. The summed E-state index contributed by atoms with van der Waals surface area (Å²) in [5.74, 6) is 0.796. The summed E-state index contributed by atoms with van der Waals surface area (Å²) in [5, 5.41) is 3.72. The molecule has 1 saturated heterocycles. The number of amides is 1. The van der Waals surface area contributed by atoms with E-state index in [-0.39, 0.29) is 5.91 Å². The van der Waals surface area contributed by atoms with E-state index < -0.39 is 0 Å². The molecular weight excluding hydrogens is 276 g/mol. The molecule has 4 nitrogen and oxygen atoms in total. The van der Waals surface area contributed by atoms with Gasteiger partial charge >= 0.3 is 0 Å². The quantitative estimate of drug-likeness (QED) is 0.876. The molecule has 1 atom stereocenters. The Morgan fingerprint density at radius 3 is 3.05 bits per heavy atom. The zero-order valence-electron chi connectivity index (χ0n) is 11.8. The van der Waals surface area contributed by atoms with Crippen molar-refractivity contribution < 1.29 is 9.53 Å². The molecule has 110 valence electrons. The smallest absolute Gasteiger partial charge is 0.226 e. The second-order valence-electron chi connectivity index (χ2n) is 4.97. The number of hydrogen-bond donors (Lipinski definition) is 1. The summed E-state index contributed by atoms with van der Waals surface area (Å²) >= 11 is 6.00. The van der Waals surface area contributed by atoms with Crippen LogP contribution in [0.25, 0.3) is 0 Å². The van der Waals surface area contributed by atoms with Crippen LogP contribution in [-0.4, -0.2) is 43.6 Å². The van der Waals surface area contributed by atoms with E-state index in [2.05, 4.69) is 5.32 Å². The van der Waals surface area contributed by atoms with Crippen molar-refractivity contribution >= 4 is 17.5 Å². The largest absolute Gasteiger partial charge is 0.491 e. The molecule has 0 radical (unpaired) electrons. The Morgan fingerprint density at radius 1 is 1.50 bits per heavy atom. The number of carbonyl (C=O) groups is 1. The predicted octanol–water partition coefficient (Wildman–Crippen LogP) is 2.32. The maximum absolute atomic E-state index is 12.2. The van der Waals surface area contributed by atoms with Gasteiger partial charge in [0.2, 0.25) is 5.91 Å². The second kappa shape index (κ2) is 7.50. The van der Waals surface area contributed by atoms with Gasteiger partial charge in [0, 0.05) is 19.1 Å². The number of ether oxygens (including phenoxy) is 1. The van der Waals surface area contributed by atoms with Crippen LogP contribution in [-0.2, 0) is 4.79 Å². The van der Waals surface area contributed by atoms with Gasteiger partial charge in [-0.15, -0.1) is 0 Å². The molecule has 0 aliphatic carbocycles. The van der Waals surface area contributed by atoms with Gasteiger partial charge in [0.25, 0.3) is 0 Å². The zero-order valence-corrected chi connectivity index (χ0v) is 12.5. The van der Waals surface area contributed by atoms with Crippen molar-refractivity contribution in [1.82, 2.24) is 10.2 Å². The molecule has 1 N–H and O–H groups in total. The van der Waals surface area contributed by atoms with E-state index in [1.54, 1.807) is 6.07 Å². The Kier molecular flexibility index (Phi) is 5.68. The number of nitrogens with one attached hydrogen (secondary N) is 1. The van der Waals surface area contributed by atoms with Gasteiger partial charge in [-0.2, -0.15) is 0 Å². The van der Waals surface area contributed by atoms with Crippen molar-refractivity contribution in [2.75, 3.05) is 26.7 Å². The molecule has 1 fully saturated rings. The third-order valence-electron chi connectivity index (χ3n) is 3.55. The number of carbonyl (C=O) groups excluding carboxylic acids is 1. The van der Waals surface area contributed by atoms with Crippen molar-refractivity contribution in [2.24, 2.45) is 0 Å². The summed E-state index contributed by atoms with van der Waals surface area (Å²) < 4.78 is 5.57. The molecule has 1 aromatic carbocycles.